The maximum Gasteiger partial charge on any atom is 0.190 e. The molecule has 21 heavy (non-hydrogen) atoms. The number of halogens is 4. The highest BCUT2D eigenvalue weighted by Crippen LogP contribution is 2.29. The summed E-state index contributed by atoms with van der Waals surface area (Å²) in [5, 5.41) is 8.96. The lowest BCUT2D eigenvalue weighted by Gasteiger charge is -2.11. The molecule has 6 heteroatoms. The predicted molar refractivity (Wildman–Crippen MR) is 70.5 cm³/mol. The van der Waals surface area contributed by atoms with Crippen LogP contribution in [0.5, 0.6) is 0 Å². The summed E-state index contributed by atoms with van der Waals surface area (Å²) in [5.41, 5.74) is -0.822. The summed E-state index contributed by atoms with van der Waals surface area (Å²) < 4.78 is 40.2. The number of hydrogen-bond acceptors (Lipinski definition) is 2. The van der Waals surface area contributed by atoms with Gasteiger partial charge in [-0.2, -0.15) is 5.26 Å². The first-order valence-corrected chi connectivity index (χ1v) is 6.16. The minimum Gasteiger partial charge on any atom is -0.292 e. The number of carbonyl (C=O) groups excluding carboxylic acids is 1. The van der Waals surface area contributed by atoms with Crippen molar-refractivity contribution in [3.8, 4) is 6.07 Å². The first-order valence-electron chi connectivity index (χ1n) is 5.78. The molecule has 0 saturated heterocycles. The van der Waals surface area contributed by atoms with Crippen molar-refractivity contribution in [2.45, 2.75) is 5.92 Å². The highest BCUT2D eigenvalue weighted by atomic mass is 35.5. The number of carbonyl (C=O) groups is 1. The molecule has 0 aliphatic carbocycles. The second kappa shape index (κ2) is 5.98. The molecule has 0 bridgehead atoms. The molecule has 2 aromatic rings. The lowest BCUT2D eigenvalue weighted by Crippen LogP contribution is -2.15. The molecule has 1 unspecified atom stereocenters. The minimum absolute atomic E-state index is 0.00628. The van der Waals surface area contributed by atoms with Crippen molar-refractivity contribution < 1.29 is 18.0 Å². The van der Waals surface area contributed by atoms with Crippen LogP contribution in [0, 0.1) is 28.8 Å². The fraction of sp³-hybridized carbons (Fsp3) is 0.0667. The molecule has 0 aliphatic heterocycles. The van der Waals surface area contributed by atoms with Gasteiger partial charge in [-0.1, -0.05) is 23.7 Å². The van der Waals surface area contributed by atoms with E-state index in [4.69, 9.17) is 16.9 Å². The number of nitriles is 1. The Morgan fingerprint density at radius 1 is 1.14 bits per heavy atom. The van der Waals surface area contributed by atoms with E-state index in [1.54, 1.807) is 6.07 Å². The van der Waals surface area contributed by atoms with Gasteiger partial charge in [0.05, 0.1) is 11.6 Å². The second-order valence-electron chi connectivity index (χ2n) is 4.19. The Balaban J connectivity index is 2.52. The van der Waals surface area contributed by atoms with Gasteiger partial charge in [0.2, 0.25) is 0 Å². The third kappa shape index (κ3) is 2.91. The van der Waals surface area contributed by atoms with Crippen LogP contribution >= 0.6 is 11.6 Å². The lowest BCUT2D eigenvalue weighted by atomic mass is 9.91. The van der Waals surface area contributed by atoms with Crippen LogP contribution < -0.4 is 0 Å². The van der Waals surface area contributed by atoms with E-state index in [-0.39, 0.29) is 10.6 Å². The molecule has 106 valence electrons. The molecule has 0 aliphatic rings. The molecule has 2 aromatic carbocycles. The summed E-state index contributed by atoms with van der Waals surface area (Å²) in [6, 6.07) is 7.65. The van der Waals surface area contributed by atoms with E-state index >= 15 is 0 Å². The average molecular weight is 310 g/mol. The first kappa shape index (κ1) is 15.1. The Kier molecular flexibility index (Phi) is 4.29. The molecule has 0 radical (unpaired) electrons. The van der Waals surface area contributed by atoms with E-state index in [2.05, 4.69) is 0 Å². The van der Waals surface area contributed by atoms with Crippen molar-refractivity contribution >= 4 is 17.4 Å². The fourth-order valence-electron chi connectivity index (χ4n) is 1.88. The van der Waals surface area contributed by atoms with Gasteiger partial charge in [0.25, 0.3) is 0 Å². The summed E-state index contributed by atoms with van der Waals surface area (Å²) >= 11 is 5.78. The number of hydrogen-bond donors (Lipinski definition) is 0. The van der Waals surface area contributed by atoms with Crippen LogP contribution in [-0.2, 0) is 0 Å². The van der Waals surface area contributed by atoms with E-state index in [1.165, 1.54) is 0 Å². The van der Waals surface area contributed by atoms with Crippen molar-refractivity contribution in [1.82, 2.24) is 0 Å². The highest BCUT2D eigenvalue weighted by Gasteiger charge is 2.28. The van der Waals surface area contributed by atoms with Gasteiger partial charge >= 0.3 is 0 Å². The molecule has 2 nitrogen and oxygen atoms in total. The van der Waals surface area contributed by atoms with Gasteiger partial charge < -0.3 is 0 Å². The van der Waals surface area contributed by atoms with E-state index in [9.17, 15) is 18.0 Å². The van der Waals surface area contributed by atoms with E-state index in [1.807, 2.05) is 0 Å². The highest BCUT2D eigenvalue weighted by molar-refractivity contribution is 6.31. The van der Waals surface area contributed by atoms with Crippen LogP contribution in [0.25, 0.3) is 0 Å². The smallest absolute Gasteiger partial charge is 0.190 e. The van der Waals surface area contributed by atoms with Crippen molar-refractivity contribution in [3.63, 3.8) is 0 Å². The maximum atomic E-state index is 13.6. The average Bonchev–Trinajstić information content (AvgIpc) is 2.41. The number of rotatable bonds is 3. The Labute approximate surface area is 123 Å². The standard InChI is InChI=1S/C15H7ClF3NO/c16-11-6-8(17)4-5-9(11)10(7-20)15(21)14-12(18)2-1-3-13(14)19/h1-6,10H. The zero-order valence-corrected chi connectivity index (χ0v) is 11.2. The molecule has 0 spiro atoms. The third-order valence-electron chi connectivity index (χ3n) is 2.87. The Hall–Kier alpha value is -2.32. The van der Waals surface area contributed by atoms with Gasteiger partial charge in [-0.05, 0) is 29.8 Å². The first-order chi connectivity index (χ1) is 9.95. The molecule has 0 N–H and O–H groups in total. The molecule has 2 rings (SSSR count). The van der Waals surface area contributed by atoms with Gasteiger partial charge in [0, 0.05) is 5.02 Å². The van der Waals surface area contributed by atoms with Gasteiger partial charge in [-0.3, -0.25) is 4.79 Å². The summed E-state index contributed by atoms with van der Waals surface area (Å²) in [5.74, 6) is -5.38. The third-order valence-corrected chi connectivity index (χ3v) is 3.20. The van der Waals surface area contributed by atoms with Crippen molar-refractivity contribution in [2.75, 3.05) is 0 Å². The van der Waals surface area contributed by atoms with Crippen LogP contribution in [-0.4, -0.2) is 5.78 Å². The maximum absolute atomic E-state index is 13.6. The topological polar surface area (TPSA) is 40.9 Å². The van der Waals surface area contributed by atoms with Gasteiger partial charge in [-0.25, -0.2) is 13.2 Å². The Bertz CT molecular complexity index is 735. The van der Waals surface area contributed by atoms with Gasteiger partial charge in [-0.15, -0.1) is 0 Å². The van der Waals surface area contributed by atoms with Gasteiger partial charge in [0.1, 0.15) is 23.4 Å². The summed E-state index contributed by atoms with van der Waals surface area (Å²) in [6.45, 7) is 0. The molecule has 0 fully saturated rings. The Morgan fingerprint density at radius 2 is 1.76 bits per heavy atom. The van der Waals surface area contributed by atoms with Crippen molar-refractivity contribution in [1.29, 1.82) is 5.26 Å². The molecule has 0 heterocycles. The summed E-state index contributed by atoms with van der Waals surface area (Å²) in [7, 11) is 0. The second-order valence-corrected chi connectivity index (χ2v) is 4.60. The molecule has 0 aromatic heterocycles. The van der Waals surface area contributed by atoms with E-state index < -0.39 is 34.7 Å². The molecule has 0 amide bonds. The predicted octanol–water partition coefficient (Wildman–Crippen LogP) is 4.25. The quantitative estimate of drug-likeness (QED) is 0.795. The normalized spacial score (nSPS) is 11.8. The van der Waals surface area contributed by atoms with Crippen LogP contribution in [0.15, 0.2) is 36.4 Å². The number of ketones is 1. The van der Waals surface area contributed by atoms with E-state index in [0.29, 0.717) is 0 Å². The zero-order chi connectivity index (χ0) is 15.6. The number of Topliss-reactive ketones (excluding diaryl/α,β-unsaturated/α-hetero) is 1. The van der Waals surface area contributed by atoms with Crippen LogP contribution in [0.3, 0.4) is 0 Å². The van der Waals surface area contributed by atoms with Gasteiger partial charge in [0.15, 0.2) is 5.78 Å². The Morgan fingerprint density at radius 3 is 2.29 bits per heavy atom. The van der Waals surface area contributed by atoms with Crippen molar-refractivity contribution in [2.24, 2.45) is 0 Å². The zero-order valence-electron chi connectivity index (χ0n) is 10.4. The SMILES string of the molecule is N#CC(C(=O)c1c(F)cccc1F)c1ccc(F)cc1Cl. The number of benzene rings is 2. The van der Waals surface area contributed by atoms with Crippen LogP contribution in [0.2, 0.25) is 5.02 Å². The molecule has 1 atom stereocenters. The molecular weight excluding hydrogens is 303 g/mol. The fourth-order valence-corrected chi connectivity index (χ4v) is 2.16. The molecular formula is C15H7ClF3NO. The molecule has 0 saturated carbocycles. The van der Waals surface area contributed by atoms with E-state index in [0.717, 1.165) is 36.4 Å². The lowest BCUT2D eigenvalue weighted by molar-refractivity contribution is 0.0970. The largest absolute Gasteiger partial charge is 0.292 e. The number of nitrogens with zero attached hydrogens (tertiary/aromatic N) is 1. The van der Waals surface area contributed by atoms with Crippen molar-refractivity contribution in [3.05, 3.63) is 70.0 Å². The summed E-state index contributed by atoms with van der Waals surface area (Å²) in [6.07, 6.45) is 0. The van der Waals surface area contributed by atoms with Crippen LogP contribution in [0.4, 0.5) is 13.2 Å². The summed E-state index contributed by atoms with van der Waals surface area (Å²) in [4.78, 5) is 12.2. The minimum atomic E-state index is -1.52. The monoisotopic (exact) mass is 309 g/mol. The van der Waals surface area contributed by atoms with Crippen LogP contribution in [0.1, 0.15) is 21.8 Å².